The lowest BCUT2D eigenvalue weighted by Crippen LogP contribution is -2.50. The quantitative estimate of drug-likeness (QED) is 0.768. The molecule has 3 aliphatic rings. The van der Waals surface area contributed by atoms with Crippen LogP contribution in [-0.4, -0.2) is 49.3 Å². The molecule has 1 N–H and O–H groups in total. The Hall–Kier alpha value is -1.06. The second-order valence-corrected chi connectivity index (χ2v) is 6.60. The van der Waals surface area contributed by atoms with Crippen LogP contribution in [0.15, 0.2) is 18.2 Å². The number of nitrogens with zero attached hydrogens (tertiary/aromatic N) is 2. The molecule has 4 rings (SSSR count). The van der Waals surface area contributed by atoms with Crippen LogP contribution in [0.25, 0.3) is 0 Å². The van der Waals surface area contributed by atoms with E-state index in [9.17, 15) is 5.11 Å². The lowest BCUT2D eigenvalue weighted by Gasteiger charge is -2.46. The van der Waals surface area contributed by atoms with E-state index in [1.54, 1.807) is 5.56 Å². The van der Waals surface area contributed by atoms with E-state index in [0.29, 0.717) is 17.9 Å². The maximum atomic E-state index is 10.1. The first-order valence-electron chi connectivity index (χ1n) is 7.37. The van der Waals surface area contributed by atoms with Crippen molar-refractivity contribution < 1.29 is 5.11 Å². The van der Waals surface area contributed by atoms with Crippen molar-refractivity contribution >= 4 is 5.69 Å². The van der Waals surface area contributed by atoms with Gasteiger partial charge in [0, 0.05) is 43.7 Å². The van der Waals surface area contributed by atoms with Crippen LogP contribution < -0.4 is 4.90 Å². The number of β-amino-alcohol motifs (C(OH)–C–C–N with tert-alkyl or cyclic N) is 1. The molecule has 2 heterocycles. The summed E-state index contributed by atoms with van der Waals surface area (Å²) in [5.41, 5.74) is 4.51. The average molecular weight is 258 g/mol. The van der Waals surface area contributed by atoms with Gasteiger partial charge in [0.1, 0.15) is 0 Å². The van der Waals surface area contributed by atoms with Crippen molar-refractivity contribution in [3.63, 3.8) is 0 Å². The molecule has 4 atom stereocenters. The topological polar surface area (TPSA) is 26.7 Å². The fraction of sp³-hybridized carbons (Fsp3) is 0.625. The summed E-state index contributed by atoms with van der Waals surface area (Å²) in [5, 5.41) is 10.1. The van der Waals surface area contributed by atoms with E-state index in [0.717, 1.165) is 19.5 Å². The Balaban J connectivity index is 1.83. The lowest BCUT2D eigenvalue weighted by molar-refractivity contribution is 0.0272. The van der Waals surface area contributed by atoms with Crippen molar-refractivity contribution in [3.05, 3.63) is 29.3 Å². The van der Waals surface area contributed by atoms with Crippen LogP contribution >= 0.6 is 0 Å². The Kier molecular flexibility index (Phi) is 2.45. The number of aliphatic hydroxyl groups is 1. The van der Waals surface area contributed by atoms with Gasteiger partial charge in [0.25, 0.3) is 0 Å². The molecule has 0 aromatic heterocycles. The van der Waals surface area contributed by atoms with Crippen LogP contribution in [0.4, 0.5) is 5.69 Å². The number of piperidine rings is 1. The van der Waals surface area contributed by atoms with Gasteiger partial charge in [-0.3, -0.25) is 0 Å². The molecule has 19 heavy (non-hydrogen) atoms. The van der Waals surface area contributed by atoms with Gasteiger partial charge >= 0.3 is 0 Å². The maximum Gasteiger partial charge on any atom is 0.0673 e. The van der Waals surface area contributed by atoms with E-state index in [4.69, 9.17) is 0 Å². The number of hydrogen-bond donors (Lipinski definition) is 1. The Bertz CT molecular complexity index is 515. The number of fused-ring (bicyclic) bond motifs is 2. The zero-order chi connectivity index (χ0) is 13.1. The molecule has 2 aliphatic heterocycles. The number of anilines is 1. The monoisotopic (exact) mass is 258 g/mol. The lowest BCUT2D eigenvalue weighted by atomic mass is 9.70. The first kappa shape index (κ1) is 11.7. The van der Waals surface area contributed by atoms with Crippen molar-refractivity contribution in [2.75, 3.05) is 32.1 Å². The minimum atomic E-state index is -0.169. The zero-order valence-electron chi connectivity index (χ0n) is 11.7. The van der Waals surface area contributed by atoms with Crippen molar-refractivity contribution in [2.45, 2.75) is 36.8 Å². The molecule has 3 heteroatoms. The number of likely N-dealkylation sites (N-methyl/N-ethyl adjacent to an activating group) is 2. The summed E-state index contributed by atoms with van der Waals surface area (Å²) in [7, 11) is 4.38. The van der Waals surface area contributed by atoms with Gasteiger partial charge in [-0.05, 0) is 37.1 Å². The Morgan fingerprint density at radius 2 is 2.00 bits per heavy atom. The summed E-state index contributed by atoms with van der Waals surface area (Å²) in [6, 6.07) is 7.36. The molecule has 1 aromatic rings. The number of aliphatic hydroxyl groups excluding tert-OH is 1. The van der Waals surface area contributed by atoms with Gasteiger partial charge in [0.05, 0.1) is 6.10 Å². The average Bonchev–Trinajstić information content (AvgIpc) is 2.70. The summed E-state index contributed by atoms with van der Waals surface area (Å²) in [6.45, 7) is 1.99. The molecule has 1 fully saturated rings. The van der Waals surface area contributed by atoms with Gasteiger partial charge in [0.15, 0.2) is 0 Å². The maximum absolute atomic E-state index is 10.1. The fourth-order valence-electron chi connectivity index (χ4n) is 4.65. The number of benzene rings is 1. The van der Waals surface area contributed by atoms with Gasteiger partial charge in [0.2, 0.25) is 0 Å². The molecule has 0 spiro atoms. The Morgan fingerprint density at radius 3 is 2.84 bits per heavy atom. The molecule has 1 aliphatic carbocycles. The molecule has 102 valence electrons. The van der Waals surface area contributed by atoms with Crippen LogP contribution in [0.5, 0.6) is 0 Å². The highest BCUT2D eigenvalue weighted by Crippen LogP contribution is 2.51. The van der Waals surface area contributed by atoms with E-state index < -0.39 is 0 Å². The molecule has 0 saturated carbocycles. The van der Waals surface area contributed by atoms with E-state index in [-0.39, 0.29) is 6.10 Å². The summed E-state index contributed by atoms with van der Waals surface area (Å²) in [6.07, 6.45) is 2.02. The smallest absolute Gasteiger partial charge is 0.0673 e. The van der Waals surface area contributed by atoms with E-state index >= 15 is 0 Å². The second kappa shape index (κ2) is 3.97. The minimum Gasteiger partial charge on any atom is -0.392 e. The van der Waals surface area contributed by atoms with Crippen molar-refractivity contribution in [2.24, 2.45) is 0 Å². The fourth-order valence-corrected chi connectivity index (χ4v) is 4.65. The largest absolute Gasteiger partial charge is 0.392 e. The third kappa shape index (κ3) is 1.58. The van der Waals surface area contributed by atoms with Crippen molar-refractivity contribution in [1.82, 2.24) is 4.90 Å². The third-order valence-corrected chi connectivity index (χ3v) is 5.41. The van der Waals surface area contributed by atoms with Crippen molar-refractivity contribution in [3.8, 4) is 0 Å². The van der Waals surface area contributed by atoms with E-state index in [2.05, 4.69) is 42.1 Å². The first-order chi connectivity index (χ1) is 9.15. The SMILES string of the molecule is CN1C[C@H]2C[C@H]3[C@H](C[C@@H](O)CN3C)c3cccc1c32. The summed E-state index contributed by atoms with van der Waals surface area (Å²) in [4.78, 5) is 4.78. The van der Waals surface area contributed by atoms with E-state index in [1.807, 2.05) is 0 Å². The predicted molar refractivity (Wildman–Crippen MR) is 76.9 cm³/mol. The van der Waals surface area contributed by atoms with Crippen LogP contribution in [0.1, 0.15) is 35.8 Å². The summed E-state index contributed by atoms with van der Waals surface area (Å²) < 4.78 is 0. The van der Waals surface area contributed by atoms with Gasteiger partial charge in [-0.1, -0.05) is 12.1 Å². The van der Waals surface area contributed by atoms with Crippen LogP contribution in [-0.2, 0) is 0 Å². The third-order valence-electron chi connectivity index (χ3n) is 5.41. The van der Waals surface area contributed by atoms with Crippen LogP contribution in [0.3, 0.4) is 0 Å². The Morgan fingerprint density at radius 1 is 1.16 bits per heavy atom. The standard InChI is InChI=1S/C16H22N2O/c1-17-8-10-6-15-13(7-11(19)9-18(15)2)12-4-3-5-14(17)16(10)12/h3-5,10-11,13,15,19H,6-9H2,1-2H3/t10-,11-,13-,15+/m1/s1. The molecule has 0 bridgehead atoms. The molecule has 1 saturated heterocycles. The van der Waals surface area contributed by atoms with Crippen molar-refractivity contribution in [1.29, 1.82) is 0 Å². The van der Waals surface area contributed by atoms with Gasteiger partial charge in [-0.15, -0.1) is 0 Å². The van der Waals surface area contributed by atoms with Gasteiger partial charge in [-0.2, -0.15) is 0 Å². The number of hydrogen-bond acceptors (Lipinski definition) is 3. The molecule has 0 radical (unpaired) electrons. The number of rotatable bonds is 0. The summed E-state index contributed by atoms with van der Waals surface area (Å²) >= 11 is 0. The highest BCUT2D eigenvalue weighted by Gasteiger charge is 2.44. The normalized spacial score (nSPS) is 37.1. The highest BCUT2D eigenvalue weighted by molar-refractivity contribution is 5.64. The summed E-state index contributed by atoms with van der Waals surface area (Å²) in [5.74, 6) is 1.21. The highest BCUT2D eigenvalue weighted by atomic mass is 16.3. The molecular weight excluding hydrogens is 236 g/mol. The predicted octanol–water partition coefficient (Wildman–Crippen LogP) is 1.77. The Labute approximate surface area is 114 Å². The molecule has 0 amide bonds. The first-order valence-corrected chi connectivity index (χ1v) is 7.37. The van der Waals surface area contributed by atoms with E-state index in [1.165, 1.54) is 17.7 Å². The second-order valence-electron chi connectivity index (χ2n) is 6.60. The zero-order valence-corrected chi connectivity index (χ0v) is 11.7. The van der Waals surface area contributed by atoms with Crippen LogP contribution in [0, 0.1) is 0 Å². The van der Waals surface area contributed by atoms with Crippen LogP contribution in [0.2, 0.25) is 0 Å². The molecular formula is C16H22N2O. The molecule has 3 nitrogen and oxygen atoms in total. The van der Waals surface area contributed by atoms with Gasteiger partial charge < -0.3 is 14.9 Å². The minimum absolute atomic E-state index is 0.169. The molecule has 1 aromatic carbocycles. The number of likely N-dealkylation sites (tertiary alicyclic amines) is 1. The molecule has 0 unspecified atom stereocenters. The van der Waals surface area contributed by atoms with Gasteiger partial charge in [-0.25, -0.2) is 0 Å².